The van der Waals surface area contributed by atoms with Gasteiger partial charge >= 0.3 is 0 Å². The highest BCUT2D eigenvalue weighted by Crippen LogP contribution is 2.47. The third-order valence-corrected chi connectivity index (χ3v) is 12.4. The van der Waals surface area contributed by atoms with E-state index in [0.717, 1.165) is 50.6 Å². The van der Waals surface area contributed by atoms with E-state index in [9.17, 15) is 10.2 Å². The summed E-state index contributed by atoms with van der Waals surface area (Å²) in [5, 5.41) is 19.1. The zero-order valence-electron chi connectivity index (χ0n) is 37.6. The molecule has 4 aromatic carbocycles. The van der Waals surface area contributed by atoms with Crippen LogP contribution >= 0.6 is 0 Å². The largest absolute Gasteiger partial charge is 0.493 e. The number of aliphatic hydroxyl groups is 2. The zero-order chi connectivity index (χ0) is 44.2. The molecule has 4 aromatic rings. The predicted octanol–water partition coefficient (Wildman–Crippen LogP) is 7.30. The van der Waals surface area contributed by atoms with Crippen molar-refractivity contribution in [2.45, 2.75) is 95.0 Å². The maximum Gasteiger partial charge on any atom is 0.127 e. The Bertz CT molecular complexity index is 2170. The summed E-state index contributed by atoms with van der Waals surface area (Å²) in [5.74, 6) is 4.28. The fraction of sp³-hybridized carbons (Fsp3) is 0.529. The second kappa shape index (κ2) is 19.3. The fourth-order valence-corrected chi connectivity index (χ4v) is 7.76. The normalized spacial score (nSPS) is 20.2. The summed E-state index contributed by atoms with van der Waals surface area (Å²) in [6.45, 7) is 18.9. The fourth-order valence-electron chi connectivity index (χ4n) is 7.76. The Morgan fingerprint density at radius 3 is 1.06 bits per heavy atom. The van der Waals surface area contributed by atoms with Crippen LogP contribution in [0.5, 0.6) is 34.5 Å². The molecule has 0 aromatic heterocycles. The average molecular weight is 869 g/mol. The number of rotatable bonds is 26. The molecule has 0 aliphatic carbocycles. The monoisotopic (exact) mass is 868 g/mol. The van der Waals surface area contributed by atoms with Crippen LogP contribution in [0.3, 0.4) is 0 Å². The van der Waals surface area contributed by atoms with Crippen molar-refractivity contribution in [3.63, 3.8) is 0 Å². The van der Waals surface area contributed by atoms with Gasteiger partial charge in [-0.1, -0.05) is 77.9 Å². The van der Waals surface area contributed by atoms with Crippen LogP contribution in [0.2, 0.25) is 0 Å². The molecule has 4 fully saturated rings. The van der Waals surface area contributed by atoms with Gasteiger partial charge in [-0.3, -0.25) is 0 Å². The van der Waals surface area contributed by atoms with Gasteiger partial charge < -0.3 is 57.6 Å². The third kappa shape index (κ3) is 11.4. The van der Waals surface area contributed by atoms with Gasteiger partial charge in [0.05, 0.1) is 39.6 Å². The summed E-state index contributed by atoms with van der Waals surface area (Å²) in [7, 11) is 0. The van der Waals surface area contributed by atoms with Crippen molar-refractivity contribution < 1.29 is 57.6 Å². The lowest BCUT2D eigenvalue weighted by Gasteiger charge is -2.36. The van der Waals surface area contributed by atoms with E-state index < -0.39 is 16.2 Å². The first-order valence-electron chi connectivity index (χ1n) is 22.4. The first-order chi connectivity index (χ1) is 30.3. The number of epoxide rings is 4. The van der Waals surface area contributed by atoms with Crippen LogP contribution < -0.4 is 28.4 Å². The quantitative estimate of drug-likeness (QED) is 0.0483. The van der Waals surface area contributed by atoms with E-state index in [1.54, 1.807) is 0 Å². The van der Waals surface area contributed by atoms with E-state index in [2.05, 4.69) is 77.9 Å². The standard InChI is InChI=1S/C51H64O12/c1-49(2,43-13-10-37(56-25-39-27-58-39)23-46(43)55-18-8-16-53)33-19-34(50(3,4)44-12-9-36(54-17-7-15-52)22-47(44)62-31-41-29-60-41)21-35(20-33)51(5,6)45-14-11-38(57-26-40-28-59-40)24-48(45)63-32-42-30-61-42/h9-14,19-24,39-42,52-53H,7-8,15-18,25-32H2,1-6H3. The molecule has 4 unspecified atom stereocenters. The van der Waals surface area contributed by atoms with Crippen LogP contribution in [-0.4, -0.2) is 114 Å². The molecule has 0 bridgehead atoms. The first-order valence-corrected chi connectivity index (χ1v) is 22.4. The summed E-state index contributed by atoms with van der Waals surface area (Å²) in [6, 6.07) is 25.2. The summed E-state index contributed by atoms with van der Waals surface area (Å²) < 4.78 is 59.7. The van der Waals surface area contributed by atoms with Gasteiger partial charge in [0, 0.05) is 77.2 Å². The molecule has 4 atom stereocenters. The number of hydrogen-bond donors (Lipinski definition) is 2. The van der Waals surface area contributed by atoms with Gasteiger partial charge in [0.1, 0.15) is 85.3 Å². The minimum atomic E-state index is -0.581. The maximum atomic E-state index is 9.68. The van der Waals surface area contributed by atoms with Gasteiger partial charge in [-0.05, 0) is 34.9 Å². The highest BCUT2D eigenvalue weighted by Gasteiger charge is 2.37. The Morgan fingerprint density at radius 1 is 0.429 bits per heavy atom. The molecule has 8 rings (SSSR count). The summed E-state index contributed by atoms with van der Waals surface area (Å²) in [4.78, 5) is 0. The maximum absolute atomic E-state index is 9.68. The minimum Gasteiger partial charge on any atom is -0.493 e. The Labute approximate surface area is 371 Å². The van der Waals surface area contributed by atoms with E-state index >= 15 is 0 Å². The number of aliphatic hydroxyl groups excluding tert-OH is 2. The number of ether oxygens (including phenoxy) is 10. The van der Waals surface area contributed by atoms with Crippen LogP contribution in [0, 0.1) is 0 Å². The predicted molar refractivity (Wildman–Crippen MR) is 237 cm³/mol. The van der Waals surface area contributed by atoms with Gasteiger partial charge in [0.15, 0.2) is 0 Å². The highest BCUT2D eigenvalue weighted by molar-refractivity contribution is 5.57. The minimum absolute atomic E-state index is 0.0279. The van der Waals surface area contributed by atoms with Crippen LogP contribution in [0.1, 0.15) is 87.8 Å². The second-order valence-corrected chi connectivity index (χ2v) is 18.6. The molecule has 4 heterocycles. The van der Waals surface area contributed by atoms with E-state index in [0.29, 0.717) is 96.2 Å². The molecule has 4 aliphatic heterocycles. The van der Waals surface area contributed by atoms with Gasteiger partial charge in [-0.25, -0.2) is 0 Å². The smallest absolute Gasteiger partial charge is 0.127 e. The van der Waals surface area contributed by atoms with Crippen molar-refractivity contribution in [3.05, 3.63) is 106 Å². The molecule has 0 saturated carbocycles. The molecular weight excluding hydrogens is 805 g/mol. The summed E-state index contributed by atoms with van der Waals surface area (Å²) in [5.41, 5.74) is 4.54. The summed E-state index contributed by atoms with van der Waals surface area (Å²) in [6.07, 6.45) is 1.41. The van der Waals surface area contributed by atoms with Crippen LogP contribution in [0.25, 0.3) is 0 Å². The van der Waals surface area contributed by atoms with Crippen molar-refractivity contribution >= 4 is 0 Å². The van der Waals surface area contributed by atoms with Gasteiger partial charge in [-0.2, -0.15) is 0 Å². The Balaban J connectivity index is 1.23. The number of hydrogen-bond acceptors (Lipinski definition) is 12. The van der Waals surface area contributed by atoms with Gasteiger partial charge in [-0.15, -0.1) is 0 Å². The first kappa shape index (κ1) is 45.0. The van der Waals surface area contributed by atoms with Crippen molar-refractivity contribution in [1.82, 2.24) is 0 Å². The molecule has 4 aliphatic rings. The Hall–Kier alpha value is -4.56. The SMILES string of the molecule is CC(C)(c1cc(C(C)(C)c2ccc(OCCCO)cc2OCC2CO2)cc(C(C)(C)c2ccc(OCC3CO3)cc2OCC2CO2)c1)c1ccc(OCC2CO2)cc1OCCCO. The van der Waals surface area contributed by atoms with Crippen molar-refractivity contribution in [3.8, 4) is 34.5 Å². The van der Waals surface area contributed by atoms with E-state index in [4.69, 9.17) is 47.4 Å². The average Bonchev–Trinajstić information content (AvgIpc) is 4.06. The Morgan fingerprint density at radius 2 is 0.730 bits per heavy atom. The molecule has 12 heteroatoms. The molecule has 0 spiro atoms. The molecule has 4 saturated heterocycles. The molecule has 63 heavy (non-hydrogen) atoms. The van der Waals surface area contributed by atoms with E-state index in [1.165, 1.54) is 0 Å². The van der Waals surface area contributed by atoms with Gasteiger partial charge in [0.2, 0.25) is 0 Å². The lowest BCUT2D eigenvalue weighted by atomic mass is 9.68. The molecule has 0 amide bonds. The van der Waals surface area contributed by atoms with Crippen molar-refractivity contribution in [1.29, 1.82) is 0 Å². The zero-order valence-corrected chi connectivity index (χ0v) is 37.6. The second-order valence-electron chi connectivity index (χ2n) is 18.6. The lowest BCUT2D eigenvalue weighted by molar-refractivity contribution is 0.229. The van der Waals surface area contributed by atoms with Crippen LogP contribution in [0.15, 0.2) is 72.8 Å². The van der Waals surface area contributed by atoms with E-state index in [1.807, 2.05) is 36.4 Å². The lowest BCUT2D eigenvalue weighted by Crippen LogP contribution is -2.28. The molecule has 340 valence electrons. The van der Waals surface area contributed by atoms with Crippen molar-refractivity contribution in [2.75, 3.05) is 79.3 Å². The highest BCUT2D eigenvalue weighted by atomic mass is 16.6. The molecular formula is C51H64O12. The van der Waals surface area contributed by atoms with Crippen molar-refractivity contribution in [2.24, 2.45) is 0 Å². The van der Waals surface area contributed by atoms with Crippen LogP contribution in [-0.2, 0) is 35.2 Å². The third-order valence-electron chi connectivity index (χ3n) is 12.4. The molecule has 0 radical (unpaired) electrons. The van der Waals surface area contributed by atoms with Gasteiger partial charge in [0.25, 0.3) is 0 Å². The Kier molecular flexibility index (Phi) is 13.8. The van der Waals surface area contributed by atoms with E-state index in [-0.39, 0.29) is 37.6 Å². The molecule has 12 nitrogen and oxygen atoms in total. The van der Waals surface area contributed by atoms with Crippen LogP contribution in [0.4, 0.5) is 0 Å². The topological polar surface area (TPSA) is 146 Å². The number of benzene rings is 4. The molecule has 2 N–H and O–H groups in total. The summed E-state index contributed by atoms with van der Waals surface area (Å²) >= 11 is 0.